The molecule has 2 aromatic heterocycles. The van der Waals surface area contributed by atoms with Crippen molar-refractivity contribution in [3.63, 3.8) is 0 Å². The van der Waals surface area contributed by atoms with Crippen LogP contribution in [0.2, 0.25) is 5.02 Å². The summed E-state index contributed by atoms with van der Waals surface area (Å²) in [6.07, 6.45) is 0.535. The first-order valence-corrected chi connectivity index (χ1v) is 14.0. The number of carbonyl (C=O) groups excluding carboxylic acids is 1. The quantitative estimate of drug-likeness (QED) is 0.129. The van der Waals surface area contributed by atoms with Gasteiger partial charge in [-0.25, -0.2) is 9.78 Å². The summed E-state index contributed by atoms with van der Waals surface area (Å²) in [5.41, 5.74) is 1.28. The van der Waals surface area contributed by atoms with Crippen molar-refractivity contribution in [3.05, 3.63) is 86.1 Å². The van der Waals surface area contributed by atoms with Crippen molar-refractivity contribution in [3.8, 4) is 23.1 Å². The number of fused-ring (bicyclic) bond motifs is 2. The van der Waals surface area contributed by atoms with E-state index in [0.29, 0.717) is 44.6 Å². The zero-order chi connectivity index (χ0) is 29.1. The van der Waals surface area contributed by atoms with E-state index in [9.17, 15) is 9.59 Å². The Labute approximate surface area is 248 Å². The molecule has 9 nitrogen and oxygen atoms in total. The van der Waals surface area contributed by atoms with Crippen LogP contribution < -0.4 is 15.0 Å². The fourth-order valence-electron chi connectivity index (χ4n) is 4.16. The second kappa shape index (κ2) is 12.2. The van der Waals surface area contributed by atoms with Gasteiger partial charge in [0.2, 0.25) is 5.82 Å². The van der Waals surface area contributed by atoms with Crippen LogP contribution in [0.5, 0.6) is 11.5 Å². The van der Waals surface area contributed by atoms with E-state index >= 15 is 0 Å². The number of para-hydroxylation sites is 2. The highest BCUT2D eigenvalue weighted by molar-refractivity contribution is 9.10. The molecule has 0 aliphatic carbocycles. The van der Waals surface area contributed by atoms with Gasteiger partial charge < -0.3 is 18.6 Å². The minimum absolute atomic E-state index is 0.162. The fourth-order valence-corrected chi connectivity index (χ4v) is 4.80. The normalized spacial score (nSPS) is 12.2. The molecule has 0 fully saturated rings. The third-order valence-corrected chi connectivity index (χ3v) is 7.52. The lowest BCUT2D eigenvalue weighted by Crippen LogP contribution is -2.26. The summed E-state index contributed by atoms with van der Waals surface area (Å²) in [5, 5.41) is 5.94. The molecule has 2 heterocycles. The molecular formula is C30H25BrClN3O6. The second-order valence-corrected chi connectivity index (χ2v) is 10.00. The molecule has 0 radical (unpaired) electrons. The molecule has 0 aliphatic heterocycles. The average molecular weight is 639 g/mol. The number of esters is 1. The third-order valence-electron chi connectivity index (χ3n) is 6.08. The van der Waals surface area contributed by atoms with Crippen molar-refractivity contribution >= 4 is 61.6 Å². The van der Waals surface area contributed by atoms with E-state index in [1.54, 1.807) is 38.1 Å². The van der Waals surface area contributed by atoms with E-state index in [4.69, 9.17) is 35.2 Å². The van der Waals surface area contributed by atoms with Gasteiger partial charge in [0, 0.05) is 15.4 Å². The van der Waals surface area contributed by atoms with Crippen LogP contribution in [0.4, 0.5) is 0 Å². The van der Waals surface area contributed by atoms with E-state index < -0.39 is 12.1 Å². The van der Waals surface area contributed by atoms with Crippen LogP contribution >= 0.6 is 27.5 Å². The van der Waals surface area contributed by atoms with Gasteiger partial charge in [-0.2, -0.15) is 9.78 Å². The molecule has 0 saturated carbocycles. The number of hydrogen-bond donors (Lipinski definition) is 0. The number of rotatable bonds is 9. The third kappa shape index (κ3) is 5.71. The lowest BCUT2D eigenvalue weighted by molar-refractivity contribution is -0.150. The summed E-state index contributed by atoms with van der Waals surface area (Å²) in [5.74, 6) is 0.547. The van der Waals surface area contributed by atoms with Crippen LogP contribution in [-0.4, -0.2) is 41.2 Å². The number of benzene rings is 3. The van der Waals surface area contributed by atoms with Crippen LogP contribution in [0.1, 0.15) is 26.3 Å². The molecule has 210 valence electrons. The summed E-state index contributed by atoms with van der Waals surface area (Å²) in [6, 6.07) is 18.0. The Bertz CT molecular complexity index is 1820. The van der Waals surface area contributed by atoms with Crippen LogP contribution in [0.25, 0.3) is 33.5 Å². The number of furan rings is 1. The zero-order valence-corrected chi connectivity index (χ0v) is 24.7. The Morgan fingerprint density at radius 2 is 1.90 bits per heavy atom. The van der Waals surface area contributed by atoms with Crippen LogP contribution in [0.15, 0.2) is 79.4 Å². The highest BCUT2D eigenvalue weighted by atomic mass is 79.9. The molecule has 0 amide bonds. The molecule has 3 aromatic carbocycles. The van der Waals surface area contributed by atoms with Crippen molar-refractivity contribution in [1.29, 1.82) is 0 Å². The molecule has 5 rings (SSSR count). The number of aromatic nitrogens is 2. The Hall–Kier alpha value is -4.15. The number of carbonyl (C=O) groups is 1. The lowest BCUT2D eigenvalue weighted by Gasteiger charge is -2.19. The van der Waals surface area contributed by atoms with Crippen molar-refractivity contribution in [2.24, 2.45) is 5.10 Å². The first-order chi connectivity index (χ1) is 19.8. The van der Waals surface area contributed by atoms with Crippen molar-refractivity contribution < 1.29 is 23.4 Å². The number of ether oxygens (including phenoxy) is 3. The Morgan fingerprint density at radius 3 is 2.66 bits per heavy atom. The van der Waals surface area contributed by atoms with E-state index in [2.05, 4.69) is 21.0 Å². The lowest BCUT2D eigenvalue weighted by atomic mass is 10.2. The topological polar surface area (TPSA) is 105 Å². The van der Waals surface area contributed by atoms with Crippen LogP contribution in [-0.2, 0) is 9.53 Å². The van der Waals surface area contributed by atoms with Gasteiger partial charge in [-0.3, -0.25) is 4.79 Å². The van der Waals surface area contributed by atoms with E-state index in [0.717, 1.165) is 5.39 Å². The first-order valence-electron chi connectivity index (χ1n) is 12.9. The second-order valence-electron chi connectivity index (χ2n) is 8.83. The van der Waals surface area contributed by atoms with Gasteiger partial charge in [0.25, 0.3) is 5.56 Å². The Balaban J connectivity index is 1.62. The molecule has 11 heteroatoms. The first kappa shape index (κ1) is 28.4. The minimum atomic E-state index is -0.924. The van der Waals surface area contributed by atoms with E-state index in [1.807, 2.05) is 43.3 Å². The van der Waals surface area contributed by atoms with E-state index in [-0.39, 0.29) is 28.8 Å². The molecule has 0 bridgehead atoms. The molecule has 0 N–H and O–H groups in total. The molecule has 0 unspecified atom stereocenters. The van der Waals surface area contributed by atoms with Gasteiger partial charge in [-0.1, -0.05) is 41.9 Å². The molecular weight excluding hydrogens is 614 g/mol. The Kier molecular flexibility index (Phi) is 8.41. The molecule has 1 atom stereocenters. The Morgan fingerprint density at radius 1 is 1.15 bits per heavy atom. The summed E-state index contributed by atoms with van der Waals surface area (Å²) >= 11 is 10.2. The SMILES string of the molecule is CCOC(=O)[C@H](C)Oc1c(OCC)cc(C=Nn2c(-c3cc4ccccc4o3)nc3ccccc3c2=O)c(Br)c1Cl. The average Bonchev–Trinajstić information content (AvgIpc) is 3.41. The van der Waals surface area contributed by atoms with E-state index in [1.165, 1.54) is 10.9 Å². The fraction of sp³-hybridized carbons (Fsp3) is 0.200. The summed E-state index contributed by atoms with van der Waals surface area (Å²) in [7, 11) is 0. The van der Waals surface area contributed by atoms with Crippen LogP contribution in [0.3, 0.4) is 0 Å². The molecule has 41 heavy (non-hydrogen) atoms. The molecule has 0 saturated heterocycles. The highest BCUT2D eigenvalue weighted by Crippen LogP contribution is 2.43. The number of halogens is 2. The predicted molar refractivity (Wildman–Crippen MR) is 161 cm³/mol. The van der Waals surface area contributed by atoms with Gasteiger partial charge in [-0.05, 0) is 67.0 Å². The summed E-state index contributed by atoms with van der Waals surface area (Å²) < 4.78 is 24.3. The molecule has 5 aromatic rings. The molecule has 0 spiro atoms. The van der Waals surface area contributed by atoms with Crippen LogP contribution in [0, 0.1) is 0 Å². The predicted octanol–water partition coefficient (Wildman–Crippen LogP) is 6.84. The maximum absolute atomic E-state index is 13.6. The van der Waals surface area contributed by atoms with Crippen molar-refractivity contribution in [2.75, 3.05) is 13.2 Å². The van der Waals surface area contributed by atoms with Crippen molar-refractivity contribution in [1.82, 2.24) is 9.66 Å². The zero-order valence-electron chi connectivity index (χ0n) is 22.4. The standard InChI is InChI=1S/C30H25BrClN3O6/c1-4-38-23-15-19(25(31)26(32)27(23)40-17(3)30(37)39-5-2)16-33-35-28(24-14-18-10-6-9-13-22(18)41-24)34-21-12-8-7-11-20(21)29(35)36/h6-17H,4-5H2,1-3H3/t17-/m0/s1. The molecule has 0 aliphatic rings. The van der Waals surface area contributed by atoms with Gasteiger partial charge in [0.1, 0.15) is 10.6 Å². The van der Waals surface area contributed by atoms with Crippen molar-refractivity contribution in [2.45, 2.75) is 26.9 Å². The van der Waals surface area contributed by atoms with Gasteiger partial charge in [0.15, 0.2) is 23.4 Å². The minimum Gasteiger partial charge on any atom is -0.490 e. The largest absolute Gasteiger partial charge is 0.490 e. The van der Waals surface area contributed by atoms with Gasteiger partial charge in [0.05, 0.1) is 30.3 Å². The van der Waals surface area contributed by atoms with Gasteiger partial charge >= 0.3 is 5.97 Å². The van der Waals surface area contributed by atoms with Gasteiger partial charge in [-0.15, -0.1) is 0 Å². The maximum Gasteiger partial charge on any atom is 0.347 e. The monoisotopic (exact) mass is 637 g/mol. The summed E-state index contributed by atoms with van der Waals surface area (Å²) in [4.78, 5) is 30.5. The highest BCUT2D eigenvalue weighted by Gasteiger charge is 2.24. The smallest absolute Gasteiger partial charge is 0.347 e. The summed E-state index contributed by atoms with van der Waals surface area (Å²) in [6.45, 7) is 5.61. The number of hydrogen-bond acceptors (Lipinski definition) is 8. The maximum atomic E-state index is 13.6. The number of nitrogens with zero attached hydrogens (tertiary/aromatic N) is 3.